The van der Waals surface area contributed by atoms with Gasteiger partial charge in [-0.2, -0.15) is 0 Å². The molecular weight excluding hydrogens is 520 g/mol. The van der Waals surface area contributed by atoms with Crippen LogP contribution in [-0.4, -0.2) is 71.3 Å². The topological polar surface area (TPSA) is 96.4 Å². The first kappa shape index (κ1) is 29.5. The number of anilines is 1. The lowest BCUT2D eigenvalue weighted by Crippen LogP contribution is -2.56. The van der Waals surface area contributed by atoms with E-state index in [2.05, 4.69) is 6.08 Å². The Hall–Kier alpha value is -2.97. The van der Waals surface area contributed by atoms with Crippen molar-refractivity contribution in [3.05, 3.63) is 53.6 Å². The molecule has 2 amide bonds. The number of esters is 1. The summed E-state index contributed by atoms with van der Waals surface area (Å²) in [5.41, 5.74) is 0.482. The maximum Gasteiger partial charge on any atom is 0.313 e. The van der Waals surface area contributed by atoms with Crippen molar-refractivity contribution in [1.29, 1.82) is 0 Å². The number of hydrogen-bond acceptors (Lipinski definition) is 6. The Labute approximate surface area is 243 Å². The summed E-state index contributed by atoms with van der Waals surface area (Å²) in [6.07, 6.45) is 13.9. The van der Waals surface area contributed by atoms with Crippen molar-refractivity contribution >= 4 is 23.5 Å². The molecule has 0 aliphatic carbocycles. The van der Waals surface area contributed by atoms with E-state index in [-0.39, 0.29) is 18.4 Å². The third kappa shape index (κ3) is 5.03. The molecule has 4 aliphatic rings. The molecule has 1 spiro atoms. The lowest BCUT2D eigenvalue weighted by Gasteiger charge is -2.39. The standard InChI is InChI=1S/C33H44N2O6/c1-4-32-17-9-5-8-12-22-40-31(39)26(32)25-29(37)35(19-10-6-7-11-21-36)28-30(38)34(20-14-18-33(25,28)41-32)27-23(2)15-13-16-24(27)3/h9,13-18,25-26,28,36H,4-8,10-12,19-22H2,1-3H3/b17-9-/t25-,26-,28?,32+,33-/m0/s1. The van der Waals surface area contributed by atoms with Gasteiger partial charge in [-0.3, -0.25) is 14.4 Å². The summed E-state index contributed by atoms with van der Waals surface area (Å²) in [6.45, 7) is 7.13. The van der Waals surface area contributed by atoms with Gasteiger partial charge in [0.1, 0.15) is 23.2 Å². The number of allylic oxidation sites excluding steroid dienone is 1. The van der Waals surface area contributed by atoms with E-state index in [0.29, 0.717) is 39.0 Å². The minimum atomic E-state index is -1.29. The Kier molecular flexibility index (Phi) is 8.71. The monoisotopic (exact) mass is 564 g/mol. The van der Waals surface area contributed by atoms with Crippen molar-refractivity contribution in [2.45, 2.75) is 89.4 Å². The van der Waals surface area contributed by atoms with Crippen LogP contribution >= 0.6 is 0 Å². The second-order valence-electron chi connectivity index (χ2n) is 11.9. The number of aliphatic hydroxyl groups is 1. The Morgan fingerprint density at radius 3 is 2.44 bits per heavy atom. The fraction of sp³-hybridized carbons (Fsp3) is 0.606. The normalized spacial score (nSPS) is 32.3. The van der Waals surface area contributed by atoms with Crippen molar-refractivity contribution in [1.82, 2.24) is 4.90 Å². The average Bonchev–Trinajstić information content (AvgIpc) is 3.31. The van der Waals surface area contributed by atoms with E-state index < -0.39 is 35.0 Å². The van der Waals surface area contributed by atoms with Crippen LogP contribution in [0.25, 0.3) is 0 Å². The highest BCUT2D eigenvalue weighted by Gasteiger charge is 2.75. The van der Waals surface area contributed by atoms with Crippen molar-refractivity contribution in [2.24, 2.45) is 11.8 Å². The number of rotatable bonds is 8. The zero-order valence-electron chi connectivity index (χ0n) is 24.6. The van der Waals surface area contributed by atoms with E-state index in [1.165, 1.54) is 0 Å². The Morgan fingerprint density at radius 2 is 1.71 bits per heavy atom. The van der Waals surface area contributed by atoms with Gasteiger partial charge in [-0.05, 0) is 63.5 Å². The molecule has 2 fully saturated rings. The van der Waals surface area contributed by atoms with Crippen LogP contribution in [0.1, 0.15) is 69.4 Å². The molecule has 1 unspecified atom stereocenters. The summed E-state index contributed by atoms with van der Waals surface area (Å²) in [5, 5.41) is 9.20. The first-order valence-corrected chi connectivity index (χ1v) is 15.3. The number of fused-ring (bicyclic) bond motifs is 2. The molecule has 1 aromatic carbocycles. The molecule has 4 aliphatic heterocycles. The number of carbonyl (C=O) groups excluding carboxylic acids is 3. The highest BCUT2D eigenvalue weighted by molar-refractivity contribution is 6.06. The van der Waals surface area contributed by atoms with Gasteiger partial charge in [0.05, 0.1) is 12.5 Å². The van der Waals surface area contributed by atoms with E-state index in [9.17, 15) is 19.5 Å². The van der Waals surface area contributed by atoms with Crippen molar-refractivity contribution in [2.75, 3.05) is 31.2 Å². The third-order valence-electron chi connectivity index (χ3n) is 9.40. The molecule has 5 rings (SSSR count). The van der Waals surface area contributed by atoms with Gasteiger partial charge in [0.15, 0.2) is 0 Å². The molecule has 2 saturated heterocycles. The lowest BCUT2D eigenvalue weighted by atomic mass is 9.73. The number of unbranched alkanes of at least 4 members (excludes halogenated alkanes) is 3. The molecule has 8 nitrogen and oxygen atoms in total. The Bertz CT molecular complexity index is 1210. The van der Waals surface area contributed by atoms with Crippen LogP contribution in [0.2, 0.25) is 0 Å². The van der Waals surface area contributed by atoms with E-state index >= 15 is 0 Å². The molecule has 0 aromatic heterocycles. The van der Waals surface area contributed by atoms with Gasteiger partial charge in [-0.1, -0.05) is 62.3 Å². The maximum atomic E-state index is 14.7. The number of amides is 2. The van der Waals surface area contributed by atoms with Gasteiger partial charge < -0.3 is 24.4 Å². The van der Waals surface area contributed by atoms with E-state index in [4.69, 9.17) is 9.47 Å². The molecule has 41 heavy (non-hydrogen) atoms. The summed E-state index contributed by atoms with van der Waals surface area (Å²) in [6, 6.07) is 5.06. The van der Waals surface area contributed by atoms with E-state index in [0.717, 1.165) is 48.9 Å². The SMILES string of the molecule is CC[C@@]12/C=C\CCCCOC(=O)[C@@H]1[C@H]1C(=O)N(CCCCCCO)C3C(=O)N(c4c(C)cccc4C)CC=C[C@@]31O2. The largest absolute Gasteiger partial charge is 0.465 e. The van der Waals surface area contributed by atoms with Crippen LogP contribution < -0.4 is 4.90 Å². The number of aryl methyl sites for hydroxylation is 2. The second-order valence-corrected chi connectivity index (χ2v) is 11.9. The number of aliphatic hydroxyl groups excluding tert-OH is 1. The van der Waals surface area contributed by atoms with Gasteiger partial charge in [0.2, 0.25) is 5.91 Å². The summed E-state index contributed by atoms with van der Waals surface area (Å²) >= 11 is 0. The van der Waals surface area contributed by atoms with Crippen LogP contribution in [0, 0.1) is 25.7 Å². The molecule has 0 bridgehead atoms. The third-order valence-corrected chi connectivity index (χ3v) is 9.40. The Morgan fingerprint density at radius 1 is 0.951 bits per heavy atom. The zero-order valence-corrected chi connectivity index (χ0v) is 24.6. The average molecular weight is 565 g/mol. The lowest BCUT2D eigenvalue weighted by molar-refractivity contribution is -0.160. The highest BCUT2D eigenvalue weighted by atomic mass is 16.6. The zero-order chi connectivity index (χ0) is 29.2. The van der Waals surface area contributed by atoms with Crippen molar-refractivity contribution in [3.8, 4) is 0 Å². The van der Waals surface area contributed by atoms with E-state index in [1.54, 1.807) is 9.80 Å². The summed E-state index contributed by atoms with van der Waals surface area (Å²) < 4.78 is 12.8. The molecule has 8 heteroatoms. The van der Waals surface area contributed by atoms with Gasteiger partial charge in [-0.25, -0.2) is 0 Å². The van der Waals surface area contributed by atoms with Crippen molar-refractivity contribution < 1.29 is 29.0 Å². The van der Waals surface area contributed by atoms with Gasteiger partial charge in [0.25, 0.3) is 5.91 Å². The van der Waals surface area contributed by atoms with Gasteiger partial charge in [-0.15, -0.1) is 0 Å². The molecule has 5 atom stereocenters. The summed E-state index contributed by atoms with van der Waals surface area (Å²) in [7, 11) is 0. The fourth-order valence-corrected chi connectivity index (χ4v) is 7.46. The molecule has 4 heterocycles. The molecule has 1 N–H and O–H groups in total. The quantitative estimate of drug-likeness (QED) is 0.286. The van der Waals surface area contributed by atoms with Crippen molar-refractivity contribution in [3.63, 3.8) is 0 Å². The predicted molar refractivity (Wildman–Crippen MR) is 156 cm³/mol. The van der Waals surface area contributed by atoms with Crippen LogP contribution in [0.3, 0.4) is 0 Å². The van der Waals surface area contributed by atoms with Crippen LogP contribution in [-0.2, 0) is 23.9 Å². The number of ether oxygens (including phenoxy) is 2. The minimum Gasteiger partial charge on any atom is -0.465 e. The second kappa shape index (κ2) is 12.1. The minimum absolute atomic E-state index is 0.134. The number of cyclic esters (lactones) is 1. The predicted octanol–water partition coefficient (Wildman–Crippen LogP) is 4.40. The molecule has 1 aromatic rings. The number of carbonyl (C=O) groups is 3. The van der Waals surface area contributed by atoms with Crippen LogP contribution in [0.15, 0.2) is 42.5 Å². The molecule has 0 radical (unpaired) electrons. The molecule has 0 saturated carbocycles. The van der Waals surface area contributed by atoms with E-state index in [1.807, 2.05) is 57.2 Å². The number of para-hydroxylation sites is 1. The van der Waals surface area contributed by atoms with Crippen LogP contribution in [0.5, 0.6) is 0 Å². The fourth-order valence-electron chi connectivity index (χ4n) is 7.46. The number of nitrogens with zero attached hydrogens (tertiary/aromatic N) is 2. The molecular formula is C33H44N2O6. The number of benzene rings is 1. The maximum absolute atomic E-state index is 14.7. The number of hydrogen-bond donors (Lipinski definition) is 1. The first-order valence-electron chi connectivity index (χ1n) is 15.3. The molecule has 222 valence electrons. The summed E-state index contributed by atoms with van der Waals surface area (Å²) in [4.78, 5) is 46.4. The van der Waals surface area contributed by atoms with Crippen LogP contribution in [0.4, 0.5) is 5.69 Å². The van der Waals surface area contributed by atoms with Gasteiger partial charge >= 0.3 is 5.97 Å². The smallest absolute Gasteiger partial charge is 0.313 e. The highest BCUT2D eigenvalue weighted by Crippen LogP contribution is 2.58. The first-order chi connectivity index (χ1) is 19.8. The Balaban J connectivity index is 1.62. The number of likely N-dealkylation sites (tertiary alicyclic amines) is 1. The van der Waals surface area contributed by atoms with Gasteiger partial charge in [0, 0.05) is 25.4 Å². The summed E-state index contributed by atoms with van der Waals surface area (Å²) in [5.74, 6) is -2.54.